The summed E-state index contributed by atoms with van der Waals surface area (Å²) in [5, 5.41) is 15.3. The Morgan fingerprint density at radius 2 is 2.00 bits per heavy atom. The summed E-state index contributed by atoms with van der Waals surface area (Å²) in [5.41, 5.74) is 0.838. The van der Waals surface area contributed by atoms with Crippen LogP contribution in [0.15, 0.2) is 53.9 Å². The molecule has 2 aromatic rings. The molecule has 1 amide bonds. The van der Waals surface area contributed by atoms with E-state index in [1.165, 1.54) is 19.4 Å². The Labute approximate surface area is 115 Å². The van der Waals surface area contributed by atoms with Crippen molar-refractivity contribution in [3.63, 3.8) is 0 Å². The van der Waals surface area contributed by atoms with Gasteiger partial charge in [-0.2, -0.15) is 5.10 Å². The van der Waals surface area contributed by atoms with Crippen LogP contribution in [0.5, 0.6) is 5.75 Å². The molecule has 0 aliphatic heterocycles. The van der Waals surface area contributed by atoms with Gasteiger partial charge in [-0.3, -0.25) is 15.0 Å². The lowest BCUT2D eigenvalue weighted by atomic mass is 10.2. The van der Waals surface area contributed by atoms with E-state index in [1.807, 2.05) is 0 Å². The van der Waals surface area contributed by atoms with E-state index in [9.17, 15) is 10.0 Å². The average Bonchev–Trinajstić information content (AvgIpc) is 2.52. The SMILES string of the molecule is COc1ccccc1C(=O)N([O-])N=Cc1ccncc1. The molecule has 0 saturated heterocycles. The van der Waals surface area contributed by atoms with Gasteiger partial charge in [-0.15, -0.1) is 0 Å². The molecule has 2 rings (SSSR count). The third-order valence-corrected chi connectivity index (χ3v) is 2.53. The maximum atomic E-state index is 12.0. The molecule has 0 fully saturated rings. The first-order valence-electron chi connectivity index (χ1n) is 5.81. The highest BCUT2D eigenvalue weighted by molar-refractivity contribution is 5.97. The summed E-state index contributed by atoms with van der Waals surface area (Å²) in [6, 6.07) is 9.82. The number of ether oxygens (including phenoxy) is 1. The van der Waals surface area contributed by atoms with Crippen molar-refractivity contribution in [3.05, 3.63) is 65.1 Å². The van der Waals surface area contributed by atoms with E-state index < -0.39 is 5.91 Å². The molecular weight excluding hydrogens is 258 g/mol. The van der Waals surface area contributed by atoms with Crippen LogP contribution in [0.4, 0.5) is 0 Å². The fourth-order valence-electron chi connectivity index (χ4n) is 1.55. The first-order valence-corrected chi connectivity index (χ1v) is 5.81. The van der Waals surface area contributed by atoms with Crippen molar-refractivity contribution >= 4 is 12.1 Å². The highest BCUT2D eigenvalue weighted by Crippen LogP contribution is 2.19. The monoisotopic (exact) mass is 270 g/mol. The molecule has 0 radical (unpaired) electrons. The van der Waals surface area contributed by atoms with Crippen molar-refractivity contribution < 1.29 is 9.53 Å². The third kappa shape index (κ3) is 3.18. The zero-order chi connectivity index (χ0) is 14.4. The summed E-state index contributed by atoms with van der Waals surface area (Å²) in [5.74, 6) is -0.454. The van der Waals surface area contributed by atoms with Crippen molar-refractivity contribution in [2.45, 2.75) is 0 Å². The van der Waals surface area contributed by atoms with Crippen molar-refractivity contribution in [1.82, 2.24) is 10.2 Å². The van der Waals surface area contributed by atoms with Gasteiger partial charge in [0.25, 0.3) is 5.91 Å². The van der Waals surface area contributed by atoms with Gasteiger partial charge in [0.15, 0.2) is 0 Å². The summed E-state index contributed by atoms with van der Waals surface area (Å²) < 4.78 is 5.03. The van der Waals surface area contributed by atoms with Crippen molar-refractivity contribution in [3.8, 4) is 5.75 Å². The molecule has 0 unspecified atom stereocenters. The highest BCUT2D eigenvalue weighted by atomic mass is 16.5. The minimum absolute atomic E-state index is 0.0261. The predicted molar refractivity (Wildman–Crippen MR) is 74.4 cm³/mol. The van der Waals surface area contributed by atoms with E-state index in [2.05, 4.69) is 10.1 Å². The number of rotatable bonds is 4. The number of nitrogens with zero attached hydrogens (tertiary/aromatic N) is 3. The van der Waals surface area contributed by atoms with Crippen molar-refractivity contribution in [1.29, 1.82) is 0 Å². The van der Waals surface area contributed by atoms with Gasteiger partial charge in [0.2, 0.25) is 0 Å². The molecule has 0 atom stereocenters. The quantitative estimate of drug-likeness (QED) is 0.629. The van der Waals surface area contributed by atoms with Gasteiger partial charge in [0.05, 0.1) is 18.9 Å². The second-order valence-electron chi connectivity index (χ2n) is 3.80. The first-order chi connectivity index (χ1) is 9.72. The Balaban J connectivity index is 2.15. The number of methoxy groups -OCH3 is 1. The Kier molecular flexibility index (Phi) is 4.41. The highest BCUT2D eigenvalue weighted by Gasteiger charge is 2.12. The molecule has 20 heavy (non-hydrogen) atoms. The molecule has 6 nitrogen and oxygen atoms in total. The number of para-hydroxylation sites is 1. The summed E-state index contributed by atoms with van der Waals surface area (Å²) >= 11 is 0. The molecule has 0 aliphatic rings. The van der Waals surface area contributed by atoms with E-state index in [-0.39, 0.29) is 10.7 Å². The van der Waals surface area contributed by atoms with Gasteiger partial charge in [0, 0.05) is 12.4 Å². The normalized spacial score (nSPS) is 10.5. The van der Waals surface area contributed by atoms with Crippen LogP contribution < -0.4 is 4.74 Å². The summed E-state index contributed by atoms with van der Waals surface area (Å²) in [7, 11) is 1.43. The lowest BCUT2D eigenvalue weighted by molar-refractivity contribution is 0.0823. The van der Waals surface area contributed by atoms with Crippen LogP contribution in [0.25, 0.3) is 0 Å². The Hall–Kier alpha value is -2.73. The number of hydrazone groups is 1. The zero-order valence-electron chi connectivity index (χ0n) is 10.8. The number of hydroxylamine groups is 1. The maximum Gasteiger partial charge on any atom is 0.267 e. The van der Waals surface area contributed by atoms with Crippen LogP contribution in [0.1, 0.15) is 15.9 Å². The van der Waals surface area contributed by atoms with Gasteiger partial charge < -0.3 is 9.94 Å². The molecule has 6 heteroatoms. The molecule has 1 aromatic carbocycles. The number of hydrogen-bond acceptors (Lipinski definition) is 5. The minimum Gasteiger partial charge on any atom is -0.735 e. The zero-order valence-corrected chi connectivity index (χ0v) is 10.8. The van der Waals surface area contributed by atoms with E-state index in [0.717, 1.165) is 0 Å². The molecule has 0 saturated carbocycles. The van der Waals surface area contributed by atoms with E-state index >= 15 is 0 Å². The van der Waals surface area contributed by atoms with Crippen LogP contribution in [0, 0.1) is 5.21 Å². The molecule has 0 N–H and O–H groups in total. The minimum atomic E-state index is -0.784. The molecule has 1 aromatic heterocycles. The standard InChI is InChI=1S/C14H12N3O3/c1-20-13-5-3-2-4-12(13)14(18)17(19)16-10-11-6-8-15-9-7-11/h2-10H,1H3/q-1. The van der Waals surface area contributed by atoms with E-state index in [0.29, 0.717) is 11.3 Å². The third-order valence-electron chi connectivity index (χ3n) is 2.53. The predicted octanol–water partition coefficient (Wildman–Crippen LogP) is 2.06. The van der Waals surface area contributed by atoms with Gasteiger partial charge in [-0.25, -0.2) is 0 Å². The van der Waals surface area contributed by atoms with Gasteiger partial charge in [-0.05, 0) is 29.8 Å². The van der Waals surface area contributed by atoms with Crippen LogP contribution in [0.3, 0.4) is 0 Å². The average molecular weight is 270 g/mol. The Bertz CT molecular complexity index is 614. The smallest absolute Gasteiger partial charge is 0.267 e. The number of carbonyl (C=O) groups excluding carboxylic acids is 1. The van der Waals surface area contributed by atoms with Crippen molar-refractivity contribution in [2.24, 2.45) is 5.10 Å². The first kappa shape index (κ1) is 13.7. The Morgan fingerprint density at radius 1 is 1.30 bits per heavy atom. The lowest BCUT2D eigenvalue weighted by Crippen LogP contribution is -2.20. The fourth-order valence-corrected chi connectivity index (χ4v) is 1.55. The van der Waals surface area contributed by atoms with Gasteiger partial charge in [-0.1, -0.05) is 12.1 Å². The van der Waals surface area contributed by atoms with Crippen LogP contribution in [-0.4, -0.2) is 29.4 Å². The summed E-state index contributed by atoms with van der Waals surface area (Å²) in [6.07, 6.45) is 4.43. The topological polar surface area (TPSA) is 77.8 Å². The summed E-state index contributed by atoms with van der Waals surface area (Å²) in [6.45, 7) is 0. The number of amides is 1. The molecular formula is C14H12N3O3-. The maximum absolute atomic E-state index is 12.0. The van der Waals surface area contributed by atoms with Crippen LogP contribution >= 0.6 is 0 Å². The largest absolute Gasteiger partial charge is 0.735 e. The lowest BCUT2D eigenvalue weighted by Gasteiger charge is -2.22. The van der Waals surface area contributed by atoms with Crippen LogP contribution in [-0.2, 0) is 0 Å². The molecule has 0 aliphatic carbocycles. The molecule has 1 heterocycles. The number of hydrogen-bond donors (Lipinski definition) is 0. The number of benzene rings is 1. The molecule has 0 bridgehead atoms. The van der Waals surface area contributed by atoms with E-state index in [4.69, 9.17) is 4.74 Å². The number of aromatic nitrogens is 1. The van der Waals surface area contributed by atoms with Crippen molar-refractivity contribution in [2.75, 3.05) is 7.11 Å². The van der Waals surface area contributed by atoms with Gasteiger partial charge in [0.1, 0.15) is 5.75 Å². The Morgan fingerprint density at radius 3 is 2.70 bits per heavy atom. The molecule has 102 valence electrons. The van der Waals surface area contributed by atoms with Crippen LogP contribution in [0.2, 0.25) is 0 Å². The number of carbonyl (C=O) groups is 1. The number of pyridine rings is 1. The van der Waals surface area contributed by atoms with Gasteiger partial charge >= 0.3 is 0 Å². The second-order valence-corrected chi connectivity index (χ2v) is 3.80. The van der Waals surface area contributed by atoms with E-state index in [1.54, 1.807) is 42.7 Å². The fraction of sp³-hybridized carbons (Fsp3) is 0.0714. The molecule has 0 spiro atoms. The second kappa shape index (κ2) is 6.44. The summed E-state index contributed by atoms with van der Waals surface area (Å²) in [4.78, 5) is 15.8.